The van der Waals surface area contributed by atoms with Gasteiger partial charge in [-0.05, 0) is 77.8 Å². The van der Waals surface area contributed by atoms with Crippen molar-refractivity contribution in [2.45, 2.75) is 51.6 Å². The molecule has 1 nitrogen and oxygen atoms in total. The van der Waals surface area contributed by atoms with Crippen LogP contribution in [0, 0.1) is 11.7 Å². The summed E-state index contributed by atoms with van der Waals surface area (Å²) >= 11 is 0. The van der Waals surface area contributed by atoms with E-state index in [1.54, 1.807) is 6.07 Å². The molecule has 0 bridgehead atoms. The summed E-state index contributed by atoms with van der Waals surface area (Å²) < 4.78 is 20.6. The van der Waals surface area contributed by atoms with Crippen LogP contribution >= 0.6 is 0 Å². The van der Waals surface area contributed by atoms with Crippen LogP contribution in [0.5, 0.6) is 0 Å². The Labute approximate surface area is 192 Å². The van der Waals surface area contributed by atoms with E-state index in [0.717, 1.165) is 61.0 Å². The first kappa shape index (κ1) is 22.5. The molecule has 0 amide bonds. The van der Waals surface area contributed by atoms with Crippen LogP contribution in [0.15, 0.2) is 79.4 Å². The van der Waals surface area contributed by atoms with Crippen LogP contribution in [0.2, 0.25) is 0 Å². The first-order valence-electron chi connectivity index (χ1n) is 11.9. The molecule has 4 rings (SSSR count). The van der Waals surface area contributed by atoms with E-state index in [2.05, 4.69) is 62.0 Å². The monoisotopic (exact) mass is 428 g/mol. The van der Waals surface area contributed by atoms with Gasteiger partial charge >= 0.3 is 0 Å². The standard InChI is InChI=1S/C30H33FO/c1-3-19-32-21-23-7-11-24(12-8-23)25-13-15-27(16-14-25)29-18-17-28(20-30(29)31)26-9-5-22(4-2)6-10-26/h4,7-8,11-18,20,22,26H,2-3,5-6,9-10,19,21H2,1H3. The Morgan fingerprint density at radius 2 is 1.50 bits per heavy atom. The van der Waals surface area contributed by atoms with Crippen LogP contribution in [0.25, 0.3) is 22.3 Å². The minimum atomic E-state index is -0.127. The summed E-state index contributed by atoms with van der Waals surface area (Å²) in [5, 5.41) is 0. The Morgan fingerprint density at radius 1 is 0.875 bits per heavy atom. The lowest BCUT2D eigenvalue weighted by molar-refractivity contribution is 0.121. The molecule has 3 aromatic carbocycles. The average Bonchev–Trinajstić information content (AvgIpc) is 2.85. The molecule has 0 unspecified atom stereocenters. The van der Waals surface area contributed by atoms with Crippen molar-refractivity contribution in [1.29, 1.82) is 0 Å². The summed E-state index contributed by atoms with van der Waals surface area (Å²) in [5.41, 5.74) is 6.18. The van der Waals surface area contributed by atoms with Crippen LogP contribution in [-0.2, 0) is 11.3 Å². The Morgan fingerprint density at radius 3 is 2.09 bits per heavy atom. The number of allylic oxidation sites excluding steroid dienone is 1. The molecule has 0 N–H and O–H groups in total. The fourth-order valence-corrected chi connectivity index (χ4v) is 4.68. The predicted molar refractivity (Wildman–Crippen MR) is 132 cm³/mol. The maximum Gasteiger partial charge on any atom is 0.131 e. The second kappa shape index (κ2) is 10.7. The molecule has 1 aliphatic rings. The number of halogens is 1. The lowest BCUT2D eigenvalue weighted by atomic mass is 9.78. The molecule has 1 aliphatic carbocycles. The quantitative estimate of drug-likeness (QED) is 0.258. The third kappa shape index (κ3) is 5.37. The molecule has 2 heteroatoms. The van der Waals surface area contributed by atoms with E-state index in [4.69, 9.17) is 4.74 Å². The molecule has 32 heavy (non-hydrogen) atoms. The summed E-state index contributed by atoms with van der Waals surface area (Å²) in [6.07, 6.45) is 7.66. The molecule has 1 fully saturated rings. The third-order valence-electron chi connectivity index (χ3n) is 6.67. The number of hydrogen-bond acceptors (Lipinski definition) is 1. The summed E-state index contributed by atoms with van der Waals surface area (Å²) in [6, 6.07) is 22.5. The van der Waals surface area contributed by atoms with Gasteiger partial charge in [-0.25, -0.2) is 4.39 Å². The molecule has 0 aromatic heterocycles. The van der Waals surface area contributed by atoms with E-state index in [1.165, 1.54) is 5.56 Å². The Balaban J connectivity index is 1.44. The van der Waals surface area contributed by atoms with Gasteiger partial charge in [0, 0.05) is 12.2 Å². The van der Waals surface area contributed by atoms with Crippen molar-refractivity contribution in [2.24, 2.45) is 5.92 Å². The van der Waals surface area contributed by atoms with Gasteiger partial charge in [-0.3, -0.25) is 0 Å². The Kier molecular flexibility index (Phi) is 7.55. The maximum absolute atomic E-state index is 15.0. The Hall–Kier alpha value is -2.71. The molecule has 0 heterocycles. The molecule has 166 valence electrons. The van der Waals surface area contributed by atoms with Crippen molar-refractivity contribution >= 4 is 0 Å². The van der Waals surface area contributed by atoms with Crippen molar-refractivity contribution in [1.82, 2.24) is 0 Å². The SMILES string of the molecule is C=CC1CCC(c2ccc(-c3ccc(-c4ccc(COCCC)cc4)cc3)c(F)c2)CC1. The lowest BCUT2D eigenvalue weighted by Gasteiger charge is -2.27. The van der Waals surface area contributed by atoms with Gasteiger partial charge in [0.25, 0.3) is 0 Å². The number of rotatable bonds is 8. The van der Waals surface area contributed by atoms with Crippen molar-refractivity contribution in [3.8, 4) is 22.3 Å². The van der Waals surface area contributed by atoms with Crippen molar-refractivity contribution < 1.29 is 9.13 Å². The van der Waals surface area contributed by atoms with Crippen molar-refractivity contribution in [3.05, 3.63) is 96.3 Å². The molecule has 3 aromatic rings. The zero-order chi connectivity index (χ0) is 22.3. The molecule has 0 atom stereocenters. The van der Waals surface area contributed by atoms with Gasteiger partial charge < -0.3 is 4.74 Å². The van der Waals surface area contributed by atoms with Crippen LogP contribution < -0.4 is 0 Å². The fraction of sp³-hybridized carbons (Fsp3) is 0.333. The molecular weight excluding hydrogens is 395 g/mol. The topological polar surface area (TPSA) is 9.23 Å². The normalized spacial score (nSPS) is 18.4. The molecule has 0 saturated heterocycles. The van der Waals surface area contributed by atoms with Crippen LogP contribution in [-0.4, -0.2) is 6.61 Å². The number of hydrogen-bond donors (Lipinski definition) is 0. The van der Waals surface area contributed by atoms with E-state index in [9.17, 15) is 0 Å². The van der Waals surface area contributed by atoms with Gasteiger partial charge in [0.2, 0.25) is 0 Å². The fourth-order valence-electron chi connectivity index (χ4n) is 4.68. The van der Waals surface area contributed by atoms with Gasteiger partial charge in [0.15, 0.2) is 0 Å². The highest BCUT2D eigenvalue weighted by Gasteiger charge is 2.21. The summed E-state index contributed by atoms with van der Waals surface area (Å²) in [4.78, 5) is 0. The summed E-state index contributed by atoms with van der Waals surface area (Å²) in [6.45, 7) is 7.47. The molecule has 0 radical (unpaired) electrons. The molecule has 1 saturated carbocycles. The molecule has 0 aliphatic heterocycles. The minimum absolute atomic E-state index is 0.127. The van der Waals surface area contributed by atoms with Gasteiger partial charge in [0.1, 0.15) is 5.82 Å². The first-order chi connectivity index (χ1) is 15.7. The van der Waals surface area contributed by atoms with E-state index >= 15 is 4.39 Å². The van der Waals surface area contributed by atoms with E-state index < -0.39 is 0 Å². The van der Waals surface area contributed by atoms with Crippen molar-refractivity contribution in [3.63, 3.8) is 0 Å². The van der Waals surface area contributed by atoms with Gasteiger partial charge in [-0.15, -0.1) is 6.58 Å². The second-order valence-electron chi connectivity index (χ2n) is 8.91. The van der Waals surface area contributed by atoms with E-state index in [1.807, 2.05) is 18.2 Å². The minimum Gasteiger partial charge on any atom is -0.377 e. The molecule has 0 spiro atoms. The number of ether oxygens (including phenoxy) is 1. The van der Waals surface area contributed by atoms with Gasteiger partial charge in [-0.1, -0.05) is 73.7 Å². The Bertz CT molecular complexity index is 1010. The highest BCUT2D eigenvalue weighted by molar-refractivity contribution is 5.71. The van der Waals surface area contributed by atoms with Crippen molar-refractivity contribution in [2.75, 3.05) is 6.61 Å². The zero-order valence-electron chi connectivity index (χ0n) is 19.0. The highest BCUT2D eigenvalue weighted by Crippen LogP contribution is 2.37. The smallest absolute Gasteiger partial charge is 0.131 e. The highest BCUT2D eigenvalue weighted by atomic mass is 19.1. The van der Waals surface area contributed by atoms with Crippen LogP contribution in [0.4, 0.5) is 4.39 Å². The average molecular weight is 429 g/mol. The predicted octanol–water partition coefficient (Wildman–Crippen LogP) is 8.55. The van der Waals surface area contributed by atoms with Crippen LogP contribution in [0.1, 0.15) is 56.1 Å². The maximum atomic E-state index is 15.0. The molecular formula is C30H33FO. The lowest BCUT2D eigenvalue weighted by Crippen LogP contribution is -2.11. The van der Waals surface area contributed by atoms with Crippen LogP contribution in [0.3, 0.4) is 0 Å². The van der Waals surface area contributed by atoms with Gasteiger partial charge in [-0.2, -0.15) is 0 Å². The number of benzene rings is 3. The second-order valence-corrected chi connectivity index (χ2v) is 8.91. The zero-order valence-corrected chi connectivity index (χ0v) is 19.0. The van der Waals surface area contributed by atoms with Gasteiger partial charge in [0.05, 0.1) is 6.61 Å². The van der Waals surface area contributed by atoms with E-state index in [0.29, 0.717) is 24.0 Å². The summed E-state index contributed by atoms with van der Waals surface area (Å²) in [7, 11) is 0. The largest absolute Gasteiger partial charge is 0.377 e. The first-order valence-corrected chi connectivity index (χ1v) is 11.9. The third-order valence-corrected chi connectivity index (χ3v) is 6.67. The van der Waals surface area contributed by atoms with E-state index in [-0.39, 0.29) is 5.82 Å². The summed E-state index contributed by atoms with van der Waals surface area (Å²) in [5.74, 6) is 0.962.